The van der Waals surface area contributed by atoms with E-state index in [0.29, 0.717) is 5.56 Å². The number of amides is 2. The topological polar surface area (TPSA) is 41.6 Å². The molecule has 21 heavy (non-hydrogen) atoms. The second-order valence-electron chi connectivity index (χ2n) is 4.55. The number of rotatable bonds is 7. The molecule has 0 fully saturated rings. The van der Waals surface area contributed by atoms with Crippen LogP contribution in [0.3, 0.4) is 0 Å². The number of nitrogens with zero attached hydrogens (tertiary/aromatic N) is 1. The lowest BCUT2D eigenvalue weighted by atomic mass is 10.1. The average molecular weight is 304 g/mol. The Labute approximate surface area is 121 Å². The van der Waals surface area contributed by atoms with Crippen LogP contribution in [0.4, 0.5) is 18.0 Å². The van der Waals surface area contributed by atoms with Gasteiger partial charge in [-0.2, -0.15) is 0 Å². The molecule has 1 atom stereocenters. The molecule has 2 amide bonds. The number of halogens is 3. The zero-order valence-electron chi connectivity index (χ0n) is 12.0. The largest absolute Gasteiger partial charge is 0.383 e. The van der Waals surface area contributed by atoms with Gasteiger partial charge >= 0.3 is 6.03 Å². The quantitative estimate of drug-likeness (QED) is 0.841. The van der Waals surface area contributed by atoms with Gasteiger partial charge in [-0.1, -0.05) is 12.1 Å². The molecule has 0 aliphatic carbocycles. The van der Waals surface area contributed by atoms with Gasteiger partial charge in [0.25, 0.3) is 6.43 Å². The second-order valence-corrected chi connectivity index (χ2v) is 4.55. The summed E-state index contributed by atoms with van der Waals surface area (Å²) in [5, 5.41) is 2.61. The molecule has 0 aliphatic heterocycles. The lowest BCUT2D eigenvalue weighted by molar-refractivity contribution is 0.0827. The molecule has 1 N–H and O–H groups in total. The maximum atomic E-state index is 12.8. The van der Waals surface area contributed by atoms with Crippen LogP contribution in [0, 0.1) is 5.82 Å². The molecule has 1 rings (SSSR count). The molecule has 0 bridgehead atoms. The normalized spacial score (nSPS) is 12.3. The number of urea groups is 1. The highest BCUT2D eigenvalue weighted by Crippen LogP contribution is 2.13. The minimum absolute atomic E-state index is 0.0722. The SMILES string of the molecule is COCCN(CC(F)F)C(=O)N[C@H](C)c1ccc(F)cc1. The van der Waals surface area contributed by atoms with Gasteiger partial charge < -0.3 is 15.0 Å². The molecule has 7 heteroatoms. The summed E-state index contributed by atoms with van der Waals surface area (Å²) in [4.78, 5) is 13.0. The molecule has 1 aromatic rings. The molecule has 4 nitrogen and oxygen atoms in total. The Morgan fingerprint density at radius 1 is 1.33 bits per heavy atom. The van der Waals surface area contributed by atoms with Crippen molar-refractivity contribution in [3.8, 4) is 0 Å². The summed E-state index contributed by atoms with van der Waals surface area (Å²) < 4.78 is 42.6. The Balaban J connectivity index is 2.64. The number of hydrogen-bond acceptors (Lipinski definition) is 2. The number of alkyl halides is 2. The van der Waals surface area contributed by atoms with Crippen molar-refractivity contribution in [1.29, 1.82) is 0 Å². The third-order valence-corrected chi connectivity index (χ3v) is 2.92. The standard InChI is InChI=1S/C14H19F3N2O2/c1-10(11-3-5-12(15)6-4-11)18-14(20)19(7-8-21-2)9-13(16)17/h3-6,10,13H,7-9H2,1-2H3,(H,18,20)/t10-/m1/s1. The molecule has 0 saturated heterocycles. The van der Waals surface area contributed by atoms with Crippen molar-refractivity contribution >= 4 is 6.03 Å². The first kappa shape index (κ1) is 17.3. The fraction of sp³-hybridized carbons (Fsp3) is 0.500. The Hall–Kier alpha value is -1.76. The van der Waals surface area contributed by atoms with E-state index in [9.17, 15) is 18.0 Å². The minimum Gasteiger partial charge on any atom is -0.383 e. The molecular weight excluding hydrogens is 285 g/mol. The van der Waals surface area contributed by atoms with Crippen molar-refractivity contribution in [1.82, 2.24) is 10.2 Å². The van der Waals surface area contributed by atoms with Crippen LogP contribution in [0.5, 0.6) is 0 Å². The van der Waals surface area contributed by atoms with E-state index in [4.69, 9.17) is 4.74 Å². The van der Waals surface area contributed by atoms with E-state index in [1.165, 1.54) is 31.4 Å². The van der Waals surface area contributed by atoms with Crippen LogP contribution in [-0.2, 0) is 4.74 Å². The van der Waals surface area contributed by atoms with Crippen LogP contribution < -0.4 is 5.32 Å². The molecule has 0 heterocycles. The summed E-state index contributed by atoms with van der Waals surface area (Å²) in [5.41, 5.74) is 0.688. The summed E-state index contributed by atoms with van der Waals surface area (Å²) in [5.74, 6) is -0.378. The number of ether oxygens (including phenoxy) is 1. The van der Waals surface area contributed by atoms with Crippen LogP contribution in [0.1, 0.15) is 18.5 Å². The Morgan fingerprint density at radius 2 is 1.95 bits per heavy atom. The molecule has 0 spiro atoms. The predicted molar refractivity (Wildman–Crippen MR) is 72.8 cm³/mol. The molecule has 0 aromatic heterocycles. The summed E-state index contributed by atoms with van der Waals surface area (Å²) >= 11 is 0. The Bertz CT molecular complexity index is 440. The van der Waals surface area contributed by atoms with Crippen LogP contribution in [0.2, 0.25) is 0 Å². The number of carbonyl (C=O) groups excluding carboxylic acids is 1. The van der Waals surface area contributed by atoms with Crippen LogP contribution in [0.25, 0.3) is 0 Å². The van der Waals surface area contributed by atoms with Gasteiger partial charge in [0.1, 0.15) is 5.82 Å². The van der Waals surface area contributed by atoms with Gasteiger partial charge in [-0.25, -0.2) is 18.0 Å². The fourth-order valence-electron chi connectivity index (χ4n) is 1.76. The highest BCUT2D eigenvalue weighted by atomic mass is 19.3. The highest BCUT2D eigenvalue weighted by Gasteiger charge is 2.19. The molecule has 0 unspecified atom stereocenters. The highest BCUT2D eigenvalue weighted by molar-refractivity contribution is 5.74. The zero-order valence-corrected chi connectivity index (χ0v) is 12.0. The first-order chi connectivity index (χ1) is 9.93. The van der Waals surface area contributed by atoms with E-state index >= 15 is 0 Å². The summed E-state index contributed by atoms with van der Waals surface area (Å²) in [6.45, 7) is 1.28. The van der Waals surface area contributed by atoms with Crippen LogP contribution >= 0.6 is 0 Å². The third kappa shape index (κ3) is 6.03. The number of carbonyl (C=O) groups is 1. The van der Waals surface area contributed by atoms with Gasteiger partial charge in [-0.15, -0.1) is 0 Å². The van der Waals surface area contributed by atoms with Gasteiger partial charge in [0.2, 0.25) is 0 Å². The van der Waals surface area contributed by atoms with Crippen molar-refractivity contribution in [2.24, 2.45) is 0 Å². The molecule has 1 aromatic carbocycles. The maximum Gasteiger partial charge on any atom is 0.318 e. The number of methoxy groups -OCH3 is 1. The molecule has 0 saturated carbocycles. The number of hydrogen-bond donors (Lipinski definition) is 1. The third-order valence-electron chi connectivity index (χ3n) is 2.92. The lowest BCUT2D eigenvalue weighted by Gasteiger charge is -2.25. The van der Waals surface area contributed by atoms with Crippen molar-refractivity contribution in [3.63, 3.8) is 0 Å². The van der Waals surface area contributed by atoms with Crippen molar-refractivity contribution < 1.29 is 22.7 Å². The molecule has 118 valence electrons. The van der Waals surface area contributed by atoms with Crippen LogP contribution in [0.15, 0.2) is 24.3 Å². The molecule has 0 aliphatic rings. The van der Waals surface area contributed by atoms with Gasteiger partial charge in [0, 0.05) is 13.7 Å². The van der Waals surface area contributed by atoms with E-state index in [0.717, 1.165) is 4.90 Å². The van der Waals surface area contributed by atoms with Crippen LogP contribution in [-0.4, -0.2) is 44.2 Å². The molecule has 0 radical (unpaired) electrons. The van der Waals surface area contributed by atoms with E-state index in [-0.39, 0.29) is 19.0 Å². The average Bonchev–Trinajstić information content (AvgIpc) is 2.43. The van der Waals surface area contributed by atoms with Gasteiger partial charge in [-0.3, -0.25) is 0 Å². The van der Waals surface area contributed by atoms with Crippen molar-refractivity contribution in [2.75, 3.05) is 26.8 Å². The minimum atomic E-state index is -2.62. The second kappa shape index (κ2) is 8.51. The molecular formula is C14H19F3N2O2. The smallest absolute Gasteiger partial charge is 0.318 e. The van der Waals surface area contributed by atoms with Gasteiger partial charge in [0.15, 0.2) is 0 Å². The summed E-state index contributed by atoms with van der Waals surface area (Å²) in [7, 11) is 1.43. The summed E-state index contributed by atoms with van der Waals surface area (Å²) in [6, 6.07) is 4.60. The van der Waals surface area contributed by atoms with Crippen molar-refractivity contribution in [3.05, 3.63) is 35.6 Å². The zero-order chi connectivity index (χ0) is 15.8. The van der Waals surface area contributed by atoms with Gasteiger partial charge in [-0.05, 0) is 24.6 Å². The first-order valence-electron chi connectivity index (χ1n) is 6.52. The Kier molecular flexibility index (Phi) is 7.01. The predicted octanol–water partition coefficient (Wildman–Crippen LogP) is 2.81. The number of benzene rings is 1. The first-order valence-corrected chi connectivity index (χ1v) is 6.52. The lowest BCUT2D eigenvalue weighted by Crippen LogP contribution is -2.44. The van der Waals surface area contributed by atoms with E-state index in [2.05, 4.69) is 5.32 Å². The maximum absolute atomic E-state index is 12.8. The Morgan fingerprint density at radius 3 is 2.48 bits per heavy atom. The van der Waals surface area contributed by atoms with E-state index in [1.807, 2.05) is 0 Å². The van der Waals surface area contributed by atoms with E-state index < -0.39 is 25.0 Å². The van der Waals surface area contributed by atoms with Gasteiger partial charge in [0.05, 0.1) is 19.2 Å². The fourth-order valence-corrected chi connectivity index (χ4v) is 1.76. The summed E-state index contributed by atoms with van der Waals surface area (Å²) in [6.07, 6.45) is -2.62. The number of nitrogens with one attached hydrogen (secondary N) is 1. The van der Waals surface area contributed by atoms with Crippen molar-refractivity contribution in [2.45, 2.75) is 19.4 Å². The van der Waals surface area contributed by atoms with E-state index in [1.54, 1.807) is 6.92 Å². The monoisotopic (exact) mass is 304 g/mol.